The maximum Gasteiger partial charge on any atom is 0.249 e. The summed E-state index contributed by atoms with van der Waals surface area (Å²) >= 11 is 0. The van der Waals surface area contributed by atoms with E-state index in [2.05, 4.69) is 19.6 Å². The van der Waals surface area contributed by atoms with Gasteiger partial charge in [0.15, 0.2) is 0 Å². The number of aromatic amines is 1. The van der Waals surface area contributed by atoms with Gasteiger partial charge in [0.2, 0.25) is 16.4 Å². The van der Waals surface area contributed by atoms with Crippen LogP contribution in [0.1, 0.15) is 12.8 Å². The van der Waals surface area contributed by atoms with E-state index >= 15 is 0 Å². The predicted molar refractivity (Wildman–Crippen MR) is 85.6 cm³/mol. The number of fused-ring (bicyclic) bond motifs is 1. The molecule has 3 heterocycles. The molecular weight excluding hydrogens is 304 g/mol. The second-order valence-corrected chi connectivity index (χ2v) is 6.30. The van der Waals surface area contributed by atoms with E-state index < -0.39 is 10.9 Å². The number of thiol groups is 1. The molecule has 118 valence electrons. The van der Waals surface area contributed by atoms with E-state index in [0.29, 0.717) is 18.1 Å². The van der Waals surface area contributed by atoms with Crippen molar-refractivity contribution in [2.24, 2.45) is 5.92 Å². The number of nitrogens with one attached hydrogen (secondary N) is 2. The Kier molecular flexibility index (Phi) is 4.39. The molecule has 0 amide bonds. The molecule has 0 saturated carbocycles. The van der Waals surface area contributed by atoms with Gasteiger partial charge in [0, 0.05) is 43.0 Å². The number of H-pyrrole nitrogens is 1. The molecule has 7 nitrogen and oxygen atoms in total. The zero-order valence-electron chi connectivity index (χ0n) is 12.0. The van der Waals surface area contributed by atoms with E-state index in [1.165, 1.54) is 6.07 Å². The SMILES string of the molecule is O=c1ccc2c(N3CCC(CN[SH](=O)=O)CC3)ccnc2[nH]1. The van der Waals surface area contributed by atoms with Crippen LogP contribution in [0.25, 0.3) is 11.0 Å². The molecule has 0 radical (unpaired) electrons. The third-order valence-electron chi connectivity index (χ3n) is 4.07. The van der Waals surface area contributed by atoms with Crippen LogP contribution in [-0.2, 0) is 10.9 Å². The third kappa shape index (κ3) is 3.28. The van der Waals surface area contributed by atoms with E-state index in [-0.39, 0.29) is 5.56 Å². The molecule has 0 atom stereocenters. The molecule has 0 aromatic carbocycles. The number of hydrogen-bond donors (Lipinski definition) is 3. The fourth-order valence-corrected chi connectivity index (χ4v) is 3.31. The molecule has 0 unspecified atom stereocenters. The summed E-state index contributed by atoms with van der Waals surface area (Å²) in [6, 6.07) is 5.26. The Morgan fingerprint density at radius 2 is 2.05 bits per heavy atom. The summed E-state index contributed by atoms with van der Waals surface area (Å²) in [4.78, 5) is 20.6. The van der Waals surface area contributed by atoms with Crippen molar-refractivity contribution in [3.8, 4) is 0 Å². The van der Waals surface area contributed by atoms with Crippen LogP contribution < -0.4 is 15.2 Å². The zero-order valence-corrected chi connectivity index (χ0v) is 12.9. The number of aromatic nitrogens is 2. The van der Waals surface area contributed by atoms with Crippen LogP contribution in [0.4, 0.5) is 5.69 Å². The Morgan fingerprint density at radius 3 is 2.77 bits per heavy atom. The minimum absolute atomic E-state index is 0.159. The Morgan fingerprint density at radius 1 is 1.27 bits per heavy atom. The monoisotopic (exact) mass is 322 g/mol. The molecule has 1 aliphatic heterocycles. The Balaban J connectivity index is 1.75. The fourth-order valence-electron chi connectivity index (χ4n) is 2.90. The molecule has 1 fully saturated rings. The zero-order chi connectivity index (χ0) is 15.5. The average molecular weight is 322 g/mol. The van der Waals surface area contributed by atoms with Crippen molar-refractivity contribution in [1.29, 1.82) is 0 Å². The minimum atomic E-state index is -2.51. The number of hydrogen-bond acceptors (Lipinski definition) is 5. The van der Waals surface area contributed by atoms with Crippen molar-refractivity contribution in [1.82, 2.24) is 14.7 Å². The molecule has 2 aromatic heterocycles. The van der Waals surface area contributed by atoms with Crippen molar-refractivity contribution in [2.45, 2.75) is 12.8 Å². The first-order chi connectivity index (χ1) is 10.6. The fraction of sp³-hybridized carbons (Fsp3) is 0.429. The van der Waals surface area contributed by atoms with Crippen molar-refractivity contribution in [2.75, 3.05) is 24.5 Å². The topological polar surface area (TPSA) is 95.2 Å². The Bertz CT molecular complexity index is 786. The molecule has 3 rings (SSSR count). The molecule has 0 aliphatic carbocycles. The highest BCUT2D eigenvalue weighted by molar-refractivity contribution is 7.70. The lowest BCUT2D eigenvalue weighted by molar-refractivity contribution is 0.404. The van der Waals surface area contributed by atoms with Crippen molar-refractivity contribution < 1.29 is 8.42 Å². The smallest absolute Gasteiger partial charge is 0.249 e. The number of piperidine rings is 1. The van der Waals surface area contributed by atoms with Gasteiger partial charge in [-0.25, -0.2) is 18.1 Å². The molecular formula is C14H18N4O3S. The van der Waals surface area contributed by atoms with Gasteiger partial charge in [-0.15, -0.1) is 0 Å². The Labute approximate surface area is 129 Å². The van der Waals surface area contributed by atoms with Crippen molar-refractivity contribution in [3.63, 3.8) is 0 Å². The predicted octanol–water partition coefficient (Wildman–Crippen LogP) is 0.256. The summed E-state index contributed by atoms with van der Waals surface area (Å²) in [7, 11) is -2.51. The molecule has 8 heteroatoms. The minimum Gasteiger partial charge on any atom is -0.371 e. The van der Waals surface area contributed by atoms with Crippen LogP contribution in [0.15, 0.2) is 29.2 Å². The highest BCUT2D eigenvalue weighted by Crippen LogP contribution is 2.27. The second kappa shape index (κ2) is 6.45. The third-order valence-corrected chi connectivity index (χ3v) is 4.52. The second-order valence-electron chi connectivity index (χ2n) is 5.46. The van der Waals surface area contributed by atoms with E-state index in [0.717, 1.165) is 37.0 Å². The summed E-state index contributed by atoms with van der Waals surface area (Å²) in [5.74, 6) is 0.372. The Hall–Kier alpha value is -1.93. The highest BCUT2D eigenvalue weighted by Gasteiger charge is 2.20. The quantitative estimate of drug-likeness (QED) is 0.702. The van der Waals surface area contributed by atoms with Crippen molar-refractivity contribution >= 4 is 27.6 Å². The summed E-state index contributed by atoms with van der Waals surface area (Å²) in [5, 5.41) is 0.932. The van der Waals surface area contributed by atoms with E-state index in [9.17, 15) is 13.2 Å². The first-order valence-corrected chi connectivity index (χ1v) is 8.42. The van der Waals surface area contributed by atoms with Crippen LogP contribution in [0.3, 0.4) is 0 Å². The summed E-state index contributed by atoms with van der Waals surface area (Å²) in [6.07, 6.45) is 3.57. The van der Waals surface area contributed by atoms with E-state index in [1.807, 2.05) is 6.07 Å². The standard InChI is InChI=1S/C14H18N4O3S/c19-13-2-1-11-12(3-6-15-14(11)17-13)18-7-4-10(5-8-18)9-16-22(20)21/h1-3,6,10,22H,4-5,7-9H2,(H,15,17,19)(H,16,20,21). The van der Waals surface area contributed by atoms with Gasteiger partial charge >= 0.3 is 0 Å². The maximum absolute atomic E-state index is 11.4. The van der Waals surface area contributed by atoms with Gasteiger partial charge in [-0.05, 0) is 30.9 Å². The van der Waals surface area contributed by atoms with Gasteiger partial charge in [-0.2, -0.15) is 0 Å². The summed E-state index contributed by atoms with van der Waals surface area (Å²) < 4.78 is 23.7. The molecule has 0 bridgehead atoms. The van der Waals surface area contributed by atoms with Crippen LogP contribution in [0.5, 0.6) is 0 Å². The van der Waals surface area contributed by atoms with Gasteiger partial charge in [-0.1, -0.05) is 0 Å². The van der Waals surface area contributed by atoms with Crippen LogP contribution in [0.2, 0.25) is 0 Å². The number of nitrogens with zero attached hydrogens (tertiary/aromatic N) is 2. The van der Waals surface area contributed by atoms with Gasteiger partial charge in [0.1, 0.15) is 5.65 Å². The number of pyridine rings is 2. The molecule has 0 spiro atoms. The van der Waals surface area contributed by atoms with Crippen LogP contribution in [-0.4, -0.2) is 38.0 Å². The molecule has 2 aromatic rings. The largest absolute Gasteiger partial charge is 0.371 e. The lowest BCUT2D eigenvalue weighted by Crippen LogP contribution is -2.37. The van der Waals surface area contributed by atoms with E-state index in [1.54, 1.807) is 12.3 Å². The molecule has 22 heavy (non-hydrogen) atoms. The first-order valence-electron chi connectivity index (χ1n) is 7.24. The lowest BCUT2D eigenvalue weighted by Gasteiger charge is -2.33. The van der Waals surface area contributed by atoms with Crippen molar-refractivity contribution in [3.05, 3.63) is 34.7 Å². The number of anilines is 1. The van der Waals surface area contributed by atoms with Gasteiger partial charge in [-0.3, -0.25) is 4.79 Å². The molecule has 2 N–H and O–H groups in total. The normalized spacial score (nSPS) is 16.5. The maximum atomic E-state index is 11.4. The number of rotatable bonds is 4. The van der Waals surface area contributed by atoms with Gasteiger partial charge < -0.3 is 9.88 Å². The first kappa shape index (κ1) is 15.0. The van der Waals surface area contributed by atoms with Crippen LogP contribution >= 0.6 is 0 Å². The highest BCUT2D eigenvalue weighted by atomic mass is 32.2. The average Bonchev–Trinajstić information content (AvgIpc) is 2.52. The lowest BCUT2D eigenvalue weighted by atomic mass is 9.96. The van der Waals surface area contributed by atoms with Crippen LogP contribution in [0, 0.1) is 5.92 Å². The van der Waals surface area contributed by atoms with Gasteiger partial charge in [0.25, 0.3) is 0 Å². The molecule has 1 saturated heterocycles. The van der Waals surface area contributed by atoms with Gasteiger partial charge in [0.05, 0.1) is 0 Å². The summed E-state index contributed by atoms with van der Waals surface area (Å²) in [6.45, 7) is 2.23. The summed E-state index contributed by atoms with van der Waals surface area (Å²) in [5.41, 5.74) is 1.49. The van der Waals surface area contributed by atoms with E-state index in [4.69, 9.17) is 0 Å². The molecule has 1 aliphatic rings.